The molecule has 2 aromatic rings. The van der Waals surface area contributed by atoms with Crippen molar-refractivity contribution in [1.29, 1.82) is 0 Å². The third-order valence-electron chi connectivity index (χ3n) is 3.57. The summed E-state index contributed by atoms with van der Waals surface area (Å²) in [6.45, 7) is 9.01. The summed E-state index contributed by atoms with van der Waals surface area (Å²) in [6, 6.07) is 14.5. The van der Waals surface area contributed by atoms with E-state index in [0.717, 1.165) is 12.2 Å². The SMILES string of the molecule is C=CCOc1ccccc1NC(=O)c1ccc(OCCC(C)C)cc1. The fourth-order valence-corrected chi connectivity index (χ4v) is 2.15. The number of ether oxygens (including phenoxy) is 2. The van der Waals surface area contributed by atoms with Crippen molar-refractivity contribution < 1.29 is 14.3 Å². The van der Waals surface area contributed by atoms with Crippen LogP contribution in [0.2, 0.25) is 0 Å². The second-order valence-corrected chi connectivity index (χ2v) is 6.11. The lowest BCUT2D eigenvalue weighted by molar-refractivity contribution is 0.102. The van der Waals surface area contributed by atoms with Crippen LogP contribution < -0.4 is 14.8 Å². The molecule has 2 aromatic carbocycles. The summed E-state index contributed by atoms with van der Waals surface area (Å²) in [7, 11) is 0. The van der Waals surface area contributed by atoms with Crippen LogP contribution in [0.5, 0.6) is 11.5 Å². The molecule has 0 bridgehead atoms. The Hall–Kier alpha value is -2.75. The van der Waals surface area contributed by atoms with Crippen molar-refractivity contribution in [1.82, 2.24) is 0 Å². The third kappa shape index (κ3) is 5.99. The van der Waals surface area contributed by atoms with Gasteiger partial charge in [0.2, 0.25) is 0 Å². The van der Waals surface area contributed by atoms with Crippen molar-refractivity contribution in [2.45, 2.75) is 20.3 Å². The Kier molecular flexibility index (Phi) is 7.08. The number of hydrogen-bond donors (Lipinski definition) is 1. The van der Waals surface area contributed by atoms with Crippen LogP contribution in [0.25, 0.3) is 0 Å². The van der Waals surface area contributed by atoms with E-state index < -0.39 is 0 Å². The lowest BCUT2D eigenvalue weighted by Gasteiger charge is -2.12. The minimum Gasteiger partial charge on any atom is -0.494 e. The van der Waals surface area contributed by atoms with E-state index >= 15 is 0 Å². The quantitative estimate of drug-likeness (QED) is 0.659. The fourth-order valence-electron chi connectivity index (χ4n) is 2.15. The van der Waals surface area contributed by atoms with Gasteiger partial charge in [-0.1, -0.05) is 38.6 Å². The van der Waals surface area contributed by atoms with Gasteiger partial charge in [-0.05, 0) is 48.7 Å². The average Bonchev–Trinajstić information content (AvgIpc) is 2.61. The molecular weight excluding hydrogens is 314 g/mol. The molecule has 4 nitrogen and oxygen atoms in total. The summed E-state index contributed by atoms with van der Waals surface area (Å²) >= 11 is 0. The molecule has 2 rings (SSSR count). The Balaban J connectivity index is 1.98. The van der Waals surface area contributed by atoms with E-state index in [1.165, 1.54) is 0 Å². The van der Waals surface area contributed by atoms with Crippen LogP contribution in [0.1, 0.15) is 30.6 Å². The van der Waals surface area contributed by atoms with Crippen molar-refractivity contribution in [3.05, 3.63) is 66.7 Å². The Morgan fingerprint density at radius 1 is 1.12 bits per heavy atom. The van der Waals surface area contributed by atoms with E-state index in [1.54, 1.807) is 24.3 Å². The summed E-state index contributed by atoms with van der Waals surface area (Å²) in [5.74, 6) is 1.80. The zero-order valence-corrected chi connectivity index (χ0v) is 14.8. The molecule has 0 heterocycles. The zero-order valence-electron chi connectivity index (χ0n) is 14.8. The molecular formula is C21H25NO3. The van der Waals surface area contributed by atoms with Gasteiger partial charge in [-0.15, -0.1) is 0 Å². The number of carbonyl (C=O) groups excluding carboxylic acids is 1. The molecule has 0 aliphatic rings. The highest BCUT2D eigenvalue weighted by Crippen LogP contribution is 2.24. The van der Waals surface area contributed by atoms with Gasteiger partial charge in [0.15, 0.2) is 0 Å². The molecule has 0 aliphatic heterocycles. The van der Waals surface area contributed by atoms with Gasteiger partial charge >= 0.3 is 0 Å². The van der Waals surface area contributed by atoms with E-state index in [1.807, 2.05) is 30.3 Å². The lowest BCUT2D eigenvalue weighted by Crippen LogP contribution is -2.13. The van der Waals surface area contributed by atoms with Gasteiger partial charge in [0, 0.05) is 5.56 Å². The first-order valence-electron chi connectivity index (χ1n) is 8.47. The first kappa shape index (κ1) is 18.6. The number of hydrogen-bond acceptors (Lipinski definition) is 3. The van der Waals surface area contributed by atoms with Crippen molar-refractivity contribution >= 4 is 11.6 Å². The molecule has 1 amide bonds. The molecule has 0 aromatic heterocycles. The van der Waals surface area contributed by atoms with Gasteiger partial charge in [0.05, 0.1) is 12.3 Å². The highest BCUT2D eigenvalue weighted by atomic mass is 16.5. The number of anilines is 1. The number of nitrogens with one attached hydrogen (secondary N) is 1. The smallest absolute Gasteiger partial charge is 0.255 e. The van der Waals surface area contributed by atoms with Crippen molar-refractivity contribution in [2.24, 2.45) is 5.92 Å². The molecule has 25 heavy (non-hydrogen) atoms. The molecule has 4 heteroatoms. The Morgan fingerprint density at radius 3 is 2.52 bits per heavy atom. The molecule has 0 atom stereocenters. The molecule has 1 N–H and O–H groups in total. The van der Waals surface area contributed by atoms with E-state index in [-0.39, 0.29) is 5.91 Å². The van der Waals surface area contributed by atoms with Crippen LogP contribution >= 0.6 is 0 Å². The second-order valence-electron chi connectivity index (χ2n) is 6.11. The van der Waals surface area contributed by atoms with Gasteiger partial charge in [0.25, 0.3) is 5.91 Å². The standard InChI is InChI=1S/C21H25NO3/c1-4-14-25-20-8-6-5-7-19(20)22-21(23)17-9-11-18(12-10-17)24-15-13-16(2)3/h4-12,16H,1,13-15H2,2-3H3,(H,22,23). The van der Waals surface area contributed by atoms with Crippen LogP contribution in [-0.4, -0.2) is 19.1 Å². The first-order valence-corrected chi connectivity index (χ1v) is 8.47. The number of para-hydroxylation sites is 2. The molecule has 0 unspecified atom stereocenters. The Morgan fingerprint density at radius 2 is 1.84 bits per heavy atom. The van der Waals surface area contributed by atoms with Crippen molar-refractivity contribution in [2.75, 3.05) is 18.5 Å². The molecule has 0 saturated carbocycles. The maximum absolute atomic E-state index is 12.4. The normalized spacial score (nSPS) is 10.4. The van der Waals surface area contributed by atoms with Crippen LogP contribution in [0, 0.1) is 5.92 Å². The minimum atomic E-state index is -0.191. The van der Waals surface area contributed by atoms with E-state index in [9.17, 15) is 4.79 Å². The van der Waals surface area contributed by atoms with Gasteiger partial charge in [-0.25, -0.2) is 0 Å². The summed E-state index contributed by atoms with van der Waals surface area (Å²) in [5.41, 5.74) is 1.20. The molecule has 0 fully saturated rings. The second kappa shape index (κ2) is 9.52. The Labute approximate surface area is 149 Å². The summed E-state index contributed by atoms with van der Waals surface area (Å²) < 4.78 is 11.2. The number of rotatable bonds is 9. The van der Waals surface area contributed by atoms with Crippen LogP contribution in [0.4, 0.5) is 5.69 Å². The van der Waals surface area contributed by atoms with Gasteiger partial charge < -0.3 is 14.8 Å². The number of carbonyl (C=O) groups is 1. The first-order chi connectivity index (χ1) is 12.1. The molecule has 0 spiro atoms. The van der Waals surface area contributed by atoms with Crippen LogP contribution in [0.15, 0.2) is 61.2 Å². The summed E-state index contributed by atoms with van der Waals surface area (Å²) in [6.07, 6.45) is 2.67. The molecule has 0 saturated heterocycles. The highest BCUT2D eigenvalue weighted by molar-refractivity contribution is 6.05. The molecule has 0 radical (unpaired) electrons. The van der Waals surface area contributed by atoms with Gasteiger partial charge in [-0.2, -0.15) is 0 Å². The minimum absolute atomic E-state index is 0.191. The van der Waals surface area contributed by atoms with Gasteiger partial charge in [-0.3, -0.25) is 4.79 Å². The summed E-state index contributed by atoms with van der Waals surface area (Å²) in [5, 5.41) is 2.87. The Bertz CT molecular complexity index is 693. The summed E-state index contributed by atoms with van der Waals surface area (Å²) in [4.78, 5) is 12.4. The van der Waals surface area contributed by atoms with Crippen molar-refractivity contribution in [3.8, 4) is 11.5 Å². The van der Waals surface area contributed by atoms with E-state index in [0.29, 0.717) is 36.1 Å². The molecule has 0 aliphatic carbocycles. The average molecular weight is 339 g/mol. The molecule has 132 valence electrons. The fraction of sp³-hybridized carbons (Fsp3) is 0.286. The van der Waals surface area contributed by atoms with Crippen LogP contribution in [-0.2, 0) is 0 Å². The van der Waals surface area contributed by atoms with E-state index in [2.05, 4.69) is 25.7 Å². The lowest BCUT2D eigenvalue weighted by atomic mass is 10.1. The third-order valence-corrected chi connectivity index (χ3v) is 3.57. The van der Waals surface area contributed by atoms with Crippen LogP contribution in [0.3, 0.4) is 0 Å². The monoisotopic (exact) mass is 339 g/mol. The largest absolute Gasteiger partial charge is 0.494 e. The van der Waals surface area contributed by atoms with E-state index in [4.69, 9.17) is 9.47 Å². The number of benzene rings is 2. The maximum Gasteiger partial charge on any atom is 0.255 e. The zero-order chi connectivity index (χ0) is 18.1. The van der Waals surface area contributed by atoms with Crippen molar-refractivity contribution in [3.63, 3.8) is 0 Å². The number of amides is 1. The topological polar surface area (TPSA) is 47.6 Å². The predicted molar refractivity (Wildman–Crippen MR) is 101 cm³/mol. The maximum atomic E-state index is 12.4. The van der Waals surface area contributed by atoms with Gasteiger partial charge in [0.1, 0.15) is 18.1 Å². The predicted octanol–water partition coefficient (Wildman–Crippen LogP) is 4.93. The highest BCUT2D eigenvalue weighted by Gasteiger charge is 2.10.